The van der Waals surface area contributed by atoms with Gasteiger partial charge < -0.3 is 5.32 Å². The van der Waals surface area contributed by atoms with Gasteiger partial charge in [-0.2, -0.15) is 0 Å². The molecule has 2 aromatic heterocycles. The van der Waals surface area contributed by atoms with Gasteiger partial charge in [-0.1, -0.05) is 23.4 Å². The normalized spacial score (nSPS) is 15.7. The minimum atomic E-state index is -0.330. The molecule has 6 nitrogen and oxygen atoms in total. The number of nitrogens with one attached hydrogen (secondary N) is 2. The molecule has 0 aromatic carbocycles. The van der Waals surface area contributed by atoms with E-state index < -0.39 is 0 Å². The molecule has 1 fully saturated rings. The Morgan fingerprint density at radius 2 is 2.38 bits per heavy atom. The number of thioether (sulfide) groups is 1. The summed E-state index contributed by atoms with van der Waals surface area (Å²) in [5.41, 5.74) is 0.505. The molecule has 1 amide bonds. The van der Waals surface area contributed by atoms with Gasteiger partial charge in [0.2, 0.25) is 11.1 Å². The van der Waals surface area contributed by atoms with Crippen molar-refractivity contribution in [3.63, 3.8) is 0 Å². The van der Waals surface area contributed by atoms with E-state index in [1.807, 2.05) is 0 Å². The molecule has 1 aliphatic rings. The SMILES string of the molecule is CC(Sc1n[nH]c(C2CC2)n1)C(=O)Nc1cccnc1Cl. The van der Waals surface area contributed by atoms with Gasteiger partial charge in [0.25, 0.3) is 0 Å². The van der Waals surface area contributed by atoms with Crippen LogP contribution in [-0.4, -0.2) is 31.3 Å². The average Bonchev–Trinajstić information content (AvgIpc) is 3.22. The molecule has 0 saturated heterocycles. The number of aromatic nitrogens is 4. The minimum Gasteiger partial charge on any atom is -0.322 e. The Bertz CT molecular complexity index is 658. The number of hydrogen-bond acceptors (Lipinski definition) is 5. The molecule has 0 radical (unpaired) electrons. The number of rotatable bonds is 5. The van der Waals surface area contributed by atoms with Crippen molar-refractivity contribution >= 4 is 35.0 Å². The predicted molar refractivity (Wildman–Crippen MR) is 81.6 cm³/mol. The van der Waals surface area contributed by atoms with Crippen LogP contribution in [0.3, 0.4) is 0 Å². The van der Waals surface area contributed by atoms with Crippen LogP contribution in [0.25, 0.3) is 0 Å². The molecule has 8 heteroatoms. The van der Waals surface area contributed by atoms with E-state index in [0.717, 1.165) is 18.7 Å². The number of H-pyrrole nitrogens is 1. The number of carbonyl (C=O) groups is 1. The van der Waals surface area contributed by atoms with Crippen LogP contribution in [0.4, 0.5) is 5.69 Å². The summed E-state index contributed by atoms with van der Waals surface area (Å²) in [6, 6.07) is 3.43. The van der Waals surface area contributed by atoms with Gasteiger partial charge in [0, 0.05) is 12.1 Å². The van der Waals surface area contributed by atoms with Crippen LogP contribution in [-0.2, 0) is 4.79 Å². The second-order valence-electron chi connectivity index (χ2n) is 4.87. The van der Waals surface area contributed by atoms with Gasteiger partial charge >= 0.3 is 0 Å². The van der Waals surface area contributed by atoms with Crippen molar-refractivity contribution in [3.05, 3.63) is 29.3 Å². The van der Waals surface area contributed by atoms with Crippen molar-refractivity contribution in [3.8, 4) is 0 Å². The Balaban J connectivity index is 1.60. The van der Waals surface area contributed by atoms with E-state index in [1.54, 1.807) is 25.3 Å². The van der Waals surface area contributed by atoms with Gasteiger partial charge in [-0.15, -0.1) is 5.10 Å². The molecule has 2 aromatic rings. The number of pyridine rings is 1. The maximum atomic E-state index is 12.1. The number of hydrogen-bond donors (Lipinski definition) is 2. The Kier molecular flexibility index (Phi) is 4.12. The van der Waals surface area contributed by atoms with Gasteiger partial charge in [-0.3, -0.25) is 9.89 Å². The van der Waals surface area contributed by atoms with Crippen LogP contribution in [0.1, 0.15) is 31.5 Å². The standard InChI is InChI=1S/C13H14ClN5OS/c1-7(12(20)16-9-3-2-6-15-10(9)14)21-13-17-11(18-19-13)8-4-5-8/h2-3,6-8H,4-5H2,1H3,(H,16,20)(H,17,18,19). The molecule has 1 saturated carbocycles. The van der Waals surface area contributed by atoms with Crippen molar-refractivity contribution in [1.29, 1.82) is 0 Å². The third-order valence-electron chi connectivity index (χ3n) is 3.11. The van der Waals surface area contributed by atoms with Crippen LogP contribution in [0, 0.1) is 0 Å². The van der Waals surface area contributed by atoms with E-state index in [4.69, 9.17) is 11.6 Å². The van der Waals surface area contributed by atoms with Crippen LogP contribution in [0.15, 0.2) is 23.5 Å². The third kappa shape index (κ3) is 3.54. The lowest BCUT2D eigenvalue weighted by molar-refractivity contribution is -0.115. The number of nitrogens with zero attached hydrogens (tertiary/aromatic N) is 3. The molecule has 21 heavy (non-hydrogen) atoms. The molecule has 110 valence electrons. The van der Waals surface area contributed by atoms with Crippen molar-refractivity contribution < 1.29 is 4.79 Å². The van der Waals surface area contributed by atoms with Crippen molar-refractivity contribution in [1.82, 2.24) is 20.2 Å². The Morgan fingerprint density at radius 3 is 3.10 bits per heavy atom. The largest absolute Gasteiger partial charge is 0.322 e. The first-order chi connectivity index (χ1) is 10.1. The maximum absolute atomic E-state index is 12.1. The topological polar surface area (TPSA) is 83.6 Å². The number of anilines is 1. The number of carbonyl (C=O) groups excluding carboxylic acids is 1. The molecule has 2 N–H and O–H groups in total. The molecule has 0 aliphatic heterocycles. The molecule has 0 spiro atoms. The molecule has 1 aliphatic carbocycles. The molecular formula is C13H14ClN5OS. The Labute approximate surface area is 131 Å². The molecule has 2 heterocycles. The van der Waals surface area contributed by atoms with Gasteiger partial charge in [0.15, 0.2) is 5.15 Å². The van der Waals surface area contributed by atoms with Crippen molar-refractivity contribution in [2.24, 2.45) is 0 Å². The number of amides is 1. The van der Waals surface area contributed by atoms with Gasteiger partial charge in [-0.05, 0) is 31.9 Å². The summed E-state index contributed by atoms with van der Waals surface area (Å²) in [5, 5.41) is 10.4. The second-order valence-corrected chi connectivity index (χ2v) is 6.53. The molecule has 1 unspecified atom stereocenters. The van der Waals surface area contributed by atoms with E-state index in [9.17, 15) is 4.79 Å². The summed E-state index contributed by atoms with van der Waals surface area (Å²) >= 11 is 7.23. The monoisotopic (exact) mass is 323 g/mol. The zero-order chi connectivity index (χ0) is 14.8. The number of halogens is 1. The first-order valence-electron chi connectivity index (χ1n) is 6.64. The zero-order valence-electron chi connectivity index (χ0n) is 11.3. The first kappa shape index (κ1) is 14.3. The summed E-state index contributed by atoms with van der Waals surface area (Å²) in [7, 11) is 0. The molecule has 1 atom stereocenters. The van der Waals surface area contributed by atoms with Gasteiger partial charge in [-0.25, -0.2) is 9.97 Å². The lowest BCUT2D eigenvalue weighted by Crippen LogP contribution is -2.22. The Morgan fingerprint density at radius 1 is 1.57 bits per heavy atom. The summed E-state index contributed by atoms with van der Waals surface area (Å²) < 4.78 is 0. The fourth-order valence-electron chi connectivity index (χ4n) is 1.78. The summed E-state index contributed by atoms with van der Waals surface area (Å²) in [6.07, 6.45) is 3.90. The smallest absolute Gasteiger partial charge is 0.237 e. The third-order valence-corrected chi connectivity index (χ3v) is 4.38. The highest BCUT2D eigenvalue weighted by Crippen LogP contribution is 2.38. The van der Waals surface area contributed by atoms with E-state index in [2.05, 4.69) is 25.5 Å². The van der Waals surface area contributed by atoms with Crippen molar-refractivity contribution in [2.75, 3.05) is 5.32 Å². The quantitative estimate of drug-likeness (QED) is 0.653. The van der Waals surface area contributed by atoms with E-state index in [0.29, 0.717) is 16.8 Å². The van der Waals surface area contributed by atoms with E-state index in [1.165, 1.54) is 11.8 Å². The highest BCUT2D eigenvalue weighted by atomic mass is 35.5. The van der Waals surface area contributed by atoms with E-state index >= 15 is 0 Å². The minimum absolute atomic E-state index is 0.160. The summed E-state index contributed by atoms with van der Waals surface area (Å²) in [4.78, 5) is 20.5. The van der Waals surface area contributed by atoms with Gasteiger partial charge in [0.05, 0.1) is 10.9 Å². The first-order valence-corrected chi connectivity index (χ1v) is 7.89. The fourth-order valence-corrected chi connectivity index (χ4v) is 2.67. The maximum Gasteiger partial charge on any atom is 0.237 e. The average molecular weight is 324 g/mol. The zero-order valence-corrected chi connectivity index (χ0v) is 12.9. The van der Waals surface area contributed by atoms with Crippen LogP contribution in [0.2, 0.25) is 5.15 Å². The second kappa shape index (κ2) is 6.03. The lowest BCUT2D eigenvalue weighted by Gasteiger charge is -2.10. The van der Waals surface area contributed by atoms with Crippen LogP contribution >= 0.6 is 23.4 Å². The highest BCUT2D eigenvalue weighted by molar-refractivity contribution is 8.00. The summed E-state index contributed by atoms with van der Waals surface area (Å²) in [6.45, 7) is 1.80. The predicted octanol–water partition coefficient (Wildman–Crippen LogP) is 2.85. The summed E-state index contributed by atoms with van der Waals surface area (Å²) in [5.74, 6) is 1.28. The molecule has 3 rings (SSSR count). The van der Waals surface area contributed by atoms with Crippen molar-refractivity contribution in [2.45, 2.75) is 36.1 Å². The highest BCUT2D eigenvalue weighted by Gasteiger charge is 2.28. The van der Waals surface area contributed by atoms with Gasteiger partial charge in [0.1, 0.15) is 5.82 Å². The number of aromatic amines is 1. The molecular weight excluding hydrogens is 310 g/mol. The van der Waals surface area contributed by atoms with Crippen LogP contribution in [0.5, 0.6) is 0 Å². The van der Waals surface area contributed by atoms with Crippen LogP contribution < -0.4 is 5.32 Å². The lowest BCUT2D eigenvalue weighted by atomic mass is 10.4. The Hall–Kier alpha value is -1.60. The van der Waals surface area contributed by atoms with E-state index in [-0.39, 0.29) is 16.3 Å². The molecule has 0 bridgehead atoms. The fraction of sp³-hybridized carbons (Fsp3) is 0.385.